The van der Waals surface area contributed by atoms with Crippen LogP contribution in [0.5, 0.6) is 0 Å². The lowest BCUT2D eigenvalue weighted by Crippen LogP contribution is -2.65. The summed E-state index contributed by atoms with van der Waals surface area (Å²) in [7, 11) is -2.66. The maximum atomic E-state index is 12.0. The highest BCUT2D eigenvalue weighted by Crippen LogP contribution is 2.11. The highest BCUT2D eigenvalue weighted by molar-refractivity contribution is 6.97. The fraction of sp³-hybridized carbons (Fsp3) is 0.250. The highest BCUT2D eigenvalue weighted by atomic mass is 28.4. The van der Waals surface area contributed by atoms with Crippen LogP contribution >= 0.6 is 0 Å². The summed E-state index contributed by atoms with van der Waals surface area (Å²) in [4.78, 5) is 12.0. The lowest BCUT2D eigenvalue weighted by Gasteiger charge is -2.31. The van der Waals surface area contributed by atoms with Crippen LogP contribution in [0, 0.1) is 0 Å². The van der Waals surface area contributed by atoms with E-state index in [2.05, 4.69) is 37.8 Å². The van der Waals surface area contributed by atoms with Gasteiger partial charge in [-0.1, -0.05) is 74.2 Å². The topological polar surface area (TPSA) is 35.5 Å². The third-order valence-electron chi connectivity index (χ3n) is 3.79. The molecule has 2 rings (SSSR count). The molecule has 2 aromatic carbocycles. The van der Waals surface area contributed by atoms with Crippen LogP contribution in [-0.4, -0.2) is 27.1 Å². The molecule has 0 atom stereocenters. The molecule has 0 saturated heterocycles. The molecule has 0 bridgehead atoms. The van der Waals surface area contributed by atoms with Crippen LogP contribution in [0.15, 0.2) is 72.8 Å². The van der Waals surface area contributed by atoms with Crippen LogP contribution in [-0.2, 0) is 14.0 Å². The number of hydrogen-bond donors (Lipinski definition) is 0. The Kier molecular flexibility index (Phi) is 6.52. The van der Waals surface area contributed by atoms with E-state index in [4.69, 9.17) is 9.16 Å². The van der Waals surface area contributed by atoms with Gasteiger partial charge in [-0.05, 0) is 23.7 Å². The Labute approximate surface area is 145 Å². The van der Waals surface area contributed by atoms with Crippen molar-refractivity contribution in [1.82, 2.24) is 0 Å². The van der Waals surface area contributed by atoms with Crippen molar-refractivity contribution in [2.45, 2.75) is 20.3 Å². The molecule has 3 nitrogen and oxygen atoms in total. The second kappa shape index (κ2) is 8.62. The van der Waals surface area contributed by atoms with Crippen LogP contribution < -0.4 is 10.4 Å². The smallest absolute Gasteiger partial charge is 0.332 e. The second-order valence-corrected chi connectivity index (χ2v) is 9.15. The lowest BCUT2D eigenvalue weighted by molar-refractivity contribution is -0.137. The van der Waals surface area contributed by atoms with Gasteiger partial charge in [-0.2, -0.15) is 0 Å². The van der Waals surface area contributed by atoms with Crippen molar-refractivity contribution in [3.8, 4) is 0 Å². The van der Waals surface area contributed by atoms with Gasteiger partial charge < -0.3 is 9.16 Å². The number of ether oxygens (including phenoxy) is 1. The van der Waals surface area contributed by atoms with Gasteiger partial charge >= 0.3 is 5.97 Å². The largest absolute Gasteiger partial charge is 0.462 e. The van der Waals surface area contributed by atoms with Gasteiger partial charge in [0.25, 0.3) is 8.32 Å². The van der Waals surface area contributed by atoms with E-state index >= 15 is 0 Å². The van der Waals surface area contributed by atoms with E-state index in [0.29, 0.717) is 12.2 Å². The molecule has 24 heavy (non-hydrogen) atoms. The van der Waals surface area contributed by atoms with Crippen LogP contribution in [0.3, 0.4) is 0 Å². The van der Waals surface area contributed by atoms with Crippen molar-refractivity contribution in [3.05, 3.63) is 72.8 Å². The predicted molar refractivity (Wildman–Crippen MR) is 99.9 cm³/mol. The van der Waals surface area contributed by atoms with Crippen LogP contribution in [0.2, 0.25) is 0 Å². The summed E-state index contributed by atoms with van der Waals surface area (Å²) in [6.45, 7) is 8.02. The van der Waals surface area contributed by atoms with Gasteiger partial charge in [-0.25, -0.2) is 4.79 Å². The Hall–Kier alpha value is -2.17. The Bertz CT molecular complexity index is 628. The first-order chi connectivity index (χ1) is 11.6. The molecule has 0 spiro atoms. The first kappa shape index (κ1) is 18.2. The van der Waals surface area contributed by atoms with E-state index in [1.165, 1.54) is 0 Å². The number of esters is 1. The highest BCUT2D eigenvalue weighted by Gasteiger charge is 2.41. The SMILES string of the molecule is C=C(C)C(=O)OC[Si](OCCC)(c1ccccc1)c1ccccc1. The maximum Gasteiger partial charge on any atom is 0.332 e. The van der Waals surface area contributed by atoms with Crippen LogP contribution in [0.25, 0.3) is 0 Å². The Morgan fingerprint density at radius 2 is 1.50 bits per heavy atom. The standard InChI is InChI=1S/C20H24O3Si/c1-4-15-23-24(16-22-20(21)17(2)3,18-11-7-5-8-12-18)19-13-9-6-10-14-19/h5-14H,2,4,15-16H2,1,3H3. The van der Waals surface area contributed by atoms with Gasteiger partial charge in [-0.3, -0.25) is 0 Å². The molecule has 0 aliphatic rings. The second-order valence-electron chi connectivity index (χ2n) is 5.76. The van der Waals surface area contributed by atoms with Crippen molar-refractivity contribution < 1.29 is 14.0 Å². The first-order valence-corrected chi connectivity index (χ1v) is 10.3. The number of hydrogen-bond acceptors (Lipinski definition) is 3. The number of benzene rings is 2. The molecular weight excluding hydrogens is 316 g/mol. The number of rotatable bonds is 8. The van der Waals surface area contributed by atoms with Gasteiger partial charge in [0.15, 0.2) is 0 Å². The minimum absolute atomic E-state index is 0.243. The average molecular weight is 340 g/mol. The zero-order valence-electron chi connectivity index (χ0n) is 14.3. The molecule has 126 valence electrons. The summed E-state index contributed by atoms with van der Waals surface area (Å²) in [5.74, 6) is -0.376. The fourth-order valence-electron chi connectivity index (χ4n) is 2.52. The van der Waals surface area contributed by atoms with Gasteiger partial charge in [0.1, 0.15) is 6.23 Å². The van der Waals surface area contributed by atoms with Gasteiger partial charge in [0.05, 0.1) is 0 Å². The Morgan fingerprint density at radius 1 is 1.00 bits per heavy atom. The van der Waals surface area contributed by atoms with E-state index in [-0.39, 0.29) is 12.2 Å². The molecule has 0 unspecified atom stereocenters. The number of carbonyl (C=O) groups is 1. The third kappa shape index (κ3) is 4.22. The van der Waals surface area contributed by atoms with Crippen molar-refractivity contribution in [2.24, 2.45) is 0 Å². The molecule has 0 N–H and O–H groups in total. The predicted octanol–water partition coefficient (Wildman–Crippen LogP) is 2.83. The van der Waals surface area contributed by atoms with E-state index < -0.39 is 8.32 Å². The van der Waals surface area contributed by atoms with E-state index in [0.717, 1.165) is 16.8 Å². The molecule has 0 aliphatic carbocycles. The molecule has 0 aromatic heterocycles. The lowest BCUT2D eigenvalue weighted by atomic mass is 10.4. The molecule has 0 saturated carbocycles. The van der Waals surface area contributed by atoms with Crippen molar-refractivity contribution in [2.75, 3.05) is 12.8 Å². The van der Waals surface area contributed by atoms with Gasteiger partial charge in [0, 0.05) is 12.2 Å². The summed E-state index contributed by atoms with van der Waals surface area (Å²) in [6.07, 6.45) is 1.15. The summed E-state index contributed by atoms with van der Waals surface area (Å²) < 4.78 is 12.0. The molecule has 0 aliphatic heterocycles. The normalized spacial score (nSPS) is 11.1. The average Bonchev–Trinajstić information content (AvgIpc) is 2.63. The minimum atomic E-state index is -2.66. The third-order valence-corrected chi connectivity index (χ3v) is 7.57. The summed E-state index contributed by atoms with van der Waals surface area (Å²) >= 11 is 0. The van der Waals surface area contributed by atoms with Gasteiger partial charge in [-0.15, -0.1) is 0 Å². The first-order valence-electron chi connectivity index (χ1n) is 8.18. The minimum Gasteiger partial charge on any atom is -0.462 e. The molecule has 0 heterocycles. The molecule has 4 heteroatoms. The van der Waals surface area contributed by atoms with Crippen LogP contribution in [0.4, 0.5) is 0 Å². The molecule has 0 amide bonds. The summed E-state index contributed by atoms with van der Waals surface area (Å²) in [5, 5.41) is 2.19. The Balaban J connectivity index is 2.47. The molecular formula is C20H24O3Si. The number of carbonyl (C=O) groups excluding carboxylic acids is 1. The molecule has 2 aromatic rings. The zero-order valence-corrected chi connectivity index (χ0v) is 15.3. The van der Waals surface area contributed by atoms with E-state index in [9.17, 15) is 4.79 Å². The monoisotopic (exact) mass is 340 g/mol. The molecule has 0 fully saturated rings. The summed E-state index contributed by atoms with van der Waals surface area (Å²) in [5.41, 5.74) is 0.398. The van der Waals surface area contributed by atoms with Gasteiger partial charge in [0.2, 0.25) is 0 Å². The maximum absolute atomic E-state index is 12.0. The van der Waals surface area contributed by atoms with Crippen molar-refractivity contribution >= 4 is 24.7 Å². The van der Waals surface area contributed by atoms with Crippen molar-refractivity contribution in [3.63, 3.8) is 0 Å². The summed E-state index contributed by atoms with van der Waals surface area (Å²) in [6, 6.07) is 20.2. The Morgan fingerprint density at radius 3 is 1.92 bits per heavy atom. The fourth-order valence-corrected chi connectivity index (χ4v) is 5.96. The van der Waals surface area contributed by atoms with Crippen molar-refractivity contribution in [1.29, 1.82) is 0 Å². The zero-order chi connectivity index (χ0) is 17.4. The van der Waals surface area contributed by atoms with E-state index in [1.807, 2.05) is 36.4 Å². The quantitative estimate of drug-likeness (QED) is 0.421. The van der Waals surface area contributed by atoms with E-state index in [1.54, 1.807) is 6.92 Å². The molecule has 0 radical (unpaired) electrons. The van der Waals surface area contributed by atoms with Crippen LogP contribution in [0.1, 0.15) is 20.3 Å².